The maximum Gasteiger partial charge on any atom is 0.0688 e. The molecule has 0 N–H and O–H groups in total. The van der Waals surface area contributed by atoms with E-state index in [4.69, 9.17) is 0 Å². The Hall–Kier alpha value is -2.06. The number of rotatable bonds is 0. The molecule has 2 aliphatic rings. The molecule has 2 nitrogen and oxygen atoms in total. The summed E-state index contributed by atoms with van der Waals surface area (Å²) in [5, 5.41) is 4.63. The zero-order valence-electron chi connectivity index (χ0n) is 11.2. The minimum atomic E-state index is 0.970. The first-order valence-corrected chi connectivity index (χ1v) is 6.68. The fraction of sp³-hybridized carbons (Fsp3) is 0.176. The molecule has 2 heterocycles. The summed E-state index contributed by atoms with van der Waals surface area (Å²) in [4.78, 5) is 0. The number of hydrogen-bond donors (Lipinski definition) is 0. The maximum absolute atomic E-state index is 2.35. The van der Waals surface area contributed by atoms with Crippen molar-refractivity contribution < 1.29 is 0 Å². The van der Waals surface area contributed by atoms with Gasteiger partial charge in [0.05, 0.1) is 11.4 Å². The zero-order chi connectivity index (χ0) is 13.0. The molecule has 2 aromatic rings. The standard InChI is InChI=1S/C17H16N2/c1-12-6-5-9-15-13-7-3-4-8-14(13)16-10-11-18(2)19(16)17(12)15/h3-10H,11H2,1-2H3. The molecule has 0 saturated carbocycles. The zero-order valence-corrected chi connectivity index (χ0v) is 11.2. The van der Waals surface area contributed by atoms with E-state index in [-0.39, 0.29) is 0 Å². The van der Waals surface area contributed by atoms with Crippen LogP contribution in [0.25, 0.3) is 16.8 Å². The van der Waals surface area contributed by atoms with Crippen LogP contribution in [0.15, 0.2) is 48.5 Å². The summed E-state index contributed by atoms with van der Waals surface area (Å²) in [5.41, 5.74) is 7.99. The Morgan fingerprint density at radius 2 is 1.63 bits per heavy atom. The molecule has 2 heteroatoms. The van der Waals surface area contributed by atoms with E-state index in [1.165, 1.54) is 33.6 Å². The molecule has 0 amide bonds. The first kappa shape index (κ1) is 10.8. The van der Waals surface area contributed by atoms with Crippen molar-refractivity contribution in [3.63, 3.8) is 0 Å². The van der Waals surface area contributed by atoms with E-state index in [2.05, 4.69) is 72.5 Å². The van der Waals surface area contributed by atoms with Gasteiger partial charge in [-0.05, 0) is 24.1 Å². The van der Waals surface area contributed by atoms with Gasteiger partial charge in [-0.2, -0.15) is 0 Å². The molecule has 94 valence electrons. The number of fused-ring (bicyclic) bond motifs is 6. The monoisotopic (exact) mass is 248 g/mol. The Balaban J connectivity index is 2.11. The predicted octanol–water partition coefficient (Wildman–Crippen LogP) is 3.68. The van der Waals surface area contributed by atoms with Gasteiger partial charge in [-0.1, -0.05) is 42.5 Å². The van der Waals surface area contributed by atoms with Crippen molar-refractivity contribution in [1.29, 1.82) is 0 Å². The maximum atomic E-state index is 2.35. The number of aryl methyl sites for hydroxylation is 1. The SMILES string of the molecule is Cc1cccc2c1N1C(=CCN1C)c1ccccc1-2. The fourth-order valence-corrected chi connectivity index (χ4v) is 3.18. The summed E-state index contributed by atoms with van der Waals surface area (Å²) in [6.07, 6.45) is 2.31. The molecule has 0 atom stereocenters. The third-order valence-electron chi connectivity index (χ3n) is 4.06. The smallest absolute Gasteiger partial charge is 0.0688 e. The minimum Gasteiger partial charge on any atom is -0.273 e. The predicted molar refractivity (Wildman–Crippen MR) is 79.7 cm³/mol. The van der Waals surface area contributed by atoms with Gasteiger partial charge in [-0.15, -0.1) is 0 Å². The molecule has 2 aromatic carbocycles. The van der Waals surface area contributed by atoms with Gasteiger partial charge < -0.3 is 0 Å². The Bertz CT molecular complexity index is 700. The van der Waals surface area contributed by atoms with E-state index in [0.717, 1.165) is 6.54 Å². The number of hydrogen-bond acceptors (Lipinski definition) is 2. The lowest BCUT2D eigenvalue weighted by Crippen LogP contribution is -2.36. The molecule has 0 unspecified atom stereocenters. The lowest BCUT2D eigenvalue weighted by atomic mass is 9.90. The highest BCUT2D eigenvalue weighted by Gasteiger charge is 2.32. The molecule has 0 bridgehead atoms. The molecule has 0 aliphatic carbocycles. The van der Waals surface area contributed by atoms with E-state index < -0.39 is 0 Å². The van der Waals surface area contributed by atoms with Crippen LogP contribution in [-0.4, -0.2) is 18.6 Å². The van der Waals surface area contributed by atoms with Gasteiger partial charge in [0, 0.05) is 24.7 Å². The van der Waals surface area contributed by atoms with Gasteiger partial charge in [0.15, 0.2) is 0 Å². The first-order valence-electron chi connectivity index (χ1n) is 6.68. The molecule has 0 saturated heterocycles. The number of hydrazine groups is 1. The van der Waals surface area contributed by atoms with E-state index in [1.807, 2.05) is 0 Å². The highest BCUT2D eigenvalue weighted by molar-refractivity contribution is 6.00. The molecule has 19 heavy (non-hydrogen) atoms. The Kier molecular flexibility index (Phi) is 2.12. The molecule has 4 rings (SSSR count). The number of benzene rings is 2. The molecule has 2 aliphatic heterocycles. The average molecular weight is 248 g/mol. The van der Waals surface area contributed by atoms with E-state index in [0.29, 0.717) is 0 Å². The van der Waals surface area contributed by atoms with Gasteiger partial charge in [0.2, 0.25) is 0 Å². The molecule has 0 radical (unpaired) electrons. The second kappa shape index (κ2) is 3.72. The van der Waals surface area contributed by atoms with Gasteiger partial charge in [-0.3, -0.25) is 5.01 Å². The Morgan fingerprint density at radius 3 is 2.47 bits per heavy atom. The lowest BCUT2D eigenvalue weighted by molar-refractivity contribution is 0.400. The van der Waals surface area contributed by atoms with Crippen molar-refractivity contribution in [2.24, 2.45) is 0 Å². The van der Waals surface area contributed by atoms with Gasteiger partial charge >= 0.3 is 0 Å². The van der Waals surface area contributed by atoms with Gasteiger partial charge in [0.1, 0.15) is 0 Å². The van der Waals surface area contributed by atoms with Crippen LogP contribution < -0.4 is 5.01 Å². The van der Waals surface area contributed by atoms with Crippen LogP contribution in [0.2, 0.25) is 0 Å². The highest BCUT2D eigenvalue weighted by atomic mass is 15.6. The number of para-hydroxylation sites is 1. The highest BCUT2D eigenvalue weighted by Crippen LogP contribution is 2.47. The van der Waals surface area contributed by atoms with Gasteiger partial charge in [-0.25, -0.2) is 5.01 Å². The van der Waals surface area contributed by atoms with Crippen LogP contribution in [0.3, 0.4) is 0 Å². The quantitative estimate of drug-likeness (QED) is 0.701. The van der Waals surface area contributed by atoms with E-state index in [9.17, 15) is 0 Å². The summed E-state index contributed by atoms with van der Waals surface area (Å²) in [6, 6.07) is 15.3. The summed E-state index contributed by atoms with van der Waals surface area (Å²) < 4.78 is 0. The van der Waals surface area contributed by atoms with Gasteiger partial charge in [0.25, 0.3) is 0 Å². The van der Waals surface area contributed by atoms with Crippen molar-refractivity contribution >= 4 is 11.4 Å². The van der Waals surface area contributed by atoms with E-state index in [1.54, 1.807) is 0 Å². The van der Waals surface area contributed by atoms with Crippen molar-refractivity contribution in [3.05, 3.63) is 59.7 Å². The average Bonchev–Trinajstić information content (AvgIpc) is 2.82. The van der Waals surface area contributed by atoms with Crippen LogP contribution in [-0.2, 0) is 0 Å². The lowest BCUT2D eigenvalue weighted by Gasteiger charge is -2.37. The van der Waals surface area contributed by atoms with Crippen LogP contribution >= 0.6 is 0 Å². The summed E-state index contributed by atoms with van der Waals surface area (Å²) in [6.45, 7) is 3.16. The second-order valence-corrected chi connectivity index (χ2v) is 5.26. The van der Waals surface area contributed by atoms with Crippen LogP contribution in [0, 0.1) is 6.92 Å². The molecule has 0 aromatic heterocycles. The summed E-state index contributed by atoms with van der Waals surface area (Å²) in [7, 11) is 2.15. The van der Waals surface area contributed by atoms with Crippen LogP contribution in [0.4, 0.5) is 5.69 Å². The third kappa shape index (κ3) is 1.35. The number of likely N-dealkylation sites (N-methyl/N-ethyl adjacent to an activating group) is 1. The topological polar surface area (TPSA) is 6.48 Å². The number of nitrogens with zero attached hydrogens (tertiary/aromatic N) is 2. The molecule has 0 spiro atoms. The summed E-state index contributed by atoms with van der Waals surface area (Å²) >= 11 is 0. The Labute approximate surface area is 113 Å². The molecular weight excluding hydrogens is 232 g/mol. The van der Waals surface area contributed by atoms with Crippen LogP contribution in [0.5, 0.6) is 0 Å². The summed E-state index contributed by atoms with van der Waals surface area (Å²) in [5.74, 6) is 0. The fourth-order valence-electron chi connectivity index (χ4n) is 3.18. The normalized spacial score (nSPS) is 16.7. The first-order chi connectivity index (χ1) is 9.27. The molecule has 0 fully saturated rings. The van der Waals surface area contributed by atoms with Crippen molar-refractivity contribution in [2.75, 3.05) is 18.6 Å². The largest absolute Gasteiger partial charge is 0.273 e. The minimum absolute atomic E-state index is 0.970. The molecular formula is C17H16N2. The van der Waals surface area contributed by atoms with Crippen molar-refractivity contribution in [2.45, 2.75) is 6.92 Å². The van der Waals surface area contributed by atoms with E-state index >= 15 is 0 Å². The van der Waals surface area contributed by atoms with Crippen LogP contribution in [0.1, 0.15) is 11.1 Å². The second-order valence-electron chi connectivity index (χ2n) is 5.26. The third-order valence-corrected chi connectivity index (χ3v) is 4.06. The van der Waals surface area contributed by atoms with Crippen molar-refractivity contribution in [3.8, 4) is 11.1 Å². The number of anilines is 1. The Morgan fingerprint density at radius 1 is 0.895 bits per heavy atom. The van der Waals surface area contributed by atoms with Crippen molar-refractivity contribution in [1.82, 2.24) is 5.01 Å².